The monoisotopic (exact) mass is 423 g/mol. The first-order valence-electron chi connectivity index (χ1n) is 10.6. The van der Waals surface area contributed by atoms with E-state index in [0.717, 1.165) is 17.7 Å². The Morgan fingerprint density at radius 1 is 0.968 bits per heavy atom. The van der Waals surface area contributed by atoms with Crippen LogP contribution in [0, 0.1) is 0 Å². The molecule has 31 heavy (non-hydrogen) atoms. The van der Waals surface area contributed by atoms with Crippen LogP contribution in [-0.2, 0) is 6.42 Å². The van der Waals surface area contributed by atoms with Gasteiger partial charge in [0.2, 0.25) is 5.75 Å². The summed E-state index contributed by atoms with van der Waals surface area (Å²) in [5.41, 5.74) is 2.61. The summed E-state index contributed by atoms with van der Waals surface area (Å²) in [4.78, 5) is 12.8. The smallest absolute Gasteiger partial charge is 0.251 e. The van der Waals surface area contributed by atoms with E-state index in [-0.39, 0.29) is 5.91 Å². The molecule has 3 aromatic rings. The molecule has 0 aliphatic rings. The van der Waals surface area contributed by atoms with Gasteiger partial charge in [0, 0.05) is 24.5 Å². The number of nitrogens with zero attached hydrogens (tertiary/aromatic N) is 2. The van der Waals surface area contributed by atoms with Gasteiger partial charge in [-0.25, -0.2) is 4.68 Å². The van der Waals surface area contributed by atoms with Crippen LogP contribution in [0.15, 0.2) is 54.9 Å². The van der Waals surface area contributed by atoms with Crippen LogP contribution in [0.25, 0.3) is 5.69 Å². The second-order valence-electron chi connectivity index (χ2n) is 6.72. The van der Waals surface area contributed by atoms with Crippen LogP contribution >= 0.6 is 0 Å². The minimum absolute atomic E-state index is 0.182. The topological polar surface area (TPSA) is 74.6 Å². The molecule has 7 heteroatoms. The number of aromatic nitrogens is 2. The number of hydrogen-bond acceptors (Lipinski definition) is 5. The quantitative estimate of drug-likeness (QED) is 0.504. The molecule has 1 N–H and O–H groups in total. The standard InChI is InChI=1S/C24H29N3O4/c1-4-29-21-16-19(17-22(30-5-2)23(21)31-6-3)24(28)25-14-12-18-8-10-20(11-9-18)27-15-7-13-26-27/h7-11,13,15-17H,4-6,12,14H2,1-3H3,(H,25,28). The van der Waals surface area contributed by atoms with Gasteiger partial charge in [-0.3, -0.25) is 4.79 Å². The molecule has 1 aromatic heterocycles. The Kier molecular flexibility index (Phi) is 7.92. The molecule has 1 amide bonds. The lowest BCUT2D eigenvalue weighted by molar-refractivity contribution is 0.0953. The number of nitrogens with one attached hydrogen (secondary N) is 1. The van der Waals surface area contributed by atoms with E-state index in [1.54, 1.807) is 18.3 Å². The van der Waals surface area contributed by atoms with Gasteiger partial charge in [0.1, 0.15) is 0 Å². The number of benzene rings is 2. The van der Waals surface area contributed by atoms with Crippen LogP contribution in [0.4, 0.5) is 0 Å². The van der Waals surface area contributed by atoms with Crippen molar-refractivity contribution in [3.63, 3.8) is 0 Å². The fourth-order valence-electron chi connectivity index (χ4n) is 3.18. The molecule has 164 valence electrons. The predicted molar refractivity (Wildman–Crippen MR) is 120 cm³/mol. The van der Waals surface area contributed by atoms with Gasteiger partial charge in [0.25, 0.3) is 5.91 Å². The summed E-state index contributed by atoms with van der Waals surface area (Å²) in [5, 5.41) is 7.19. The van der Waals surface area contributed by atoms with Crippen molar-refractivity contribution in [3.8, 4) is 22.9 Å². The second-order valence-corrected chi connectivity index (χ2v) is 6.72. The van der Waals surface area contributed by atoms with E-state index < -0.39 is 0 Å². The molecule has 0 aliphatic carbocycles. The predicted octanol–water partition coefficient (Wildman–Crippen LogP) is 4.04. The van der Waals surface area contributed by atoms with Crippen molar-refractivity contribution < 1.29 is 19.0 Å². The van der Waals surface area contributed by atoms with Gasteiger partial charge in [-0.15, -0.1) is 0 Å². The maximum atomic E-state index is 12.8. The van der Waals surface area contributed by atoms with Gasteiger partial charge in [0.15, 0.2) is 11.5 Å². The number of ether oxygens (including phenoxy) is 3. The first kappa shape index (κ1) is 22.2. The lowest BCUT2D eigenvalue weighted by Crippen LogP contribution is -2.25. The van der Waals surface area contributed by atoms with Gasteiger partial charge in [-0.1, -0.05) is 12.1 Å². The summed E-state index contributed by atoms with van der Waals surface area (Å²) in [6.45, 7) is 7.59. The Labute approximate surface area is 182 Å². The SMILES string of the molecule is CCOc1cc(C(=O)NCCc2ccc(-n3cccn3)cc2)cc(OCC)c1OCC. The van der Waals surface area contributed by atoms with Crippen LogP contribution < -0.4 is 19.5 Å². The summed E-state index contributed by atoms with van der Waals surface area (Å²) in [6.07, 6.45) is 4.37. The minimum Gasteiger partial charge on any atom is -0.490 e. The Balaban J connectivity index is 1.65. The summed E-state index contributed by atoms with van der Waals surface area (Å²) in [6, 6.07) is 13.4. The van der Waals surface area contributed by atoms with Crippen LogP contribution in [0.5, 0.6) is 17.2 Å². The number of rotatable bonds is 11. The summed E-state index contributed by atoms with van der Waals surface area (Å²) in [5.74, 6) is 1.36. The molecule has 7 nitrogen and oxygen atoms in total. The average Bonchev–Trinajstić information content (AvgIpc) is 3.31. The fourth-order valence-corrected chi connectivity index (χ4v) is 3.18. The van der Waals surface area contributed by atoms with Crippen LogP contribution in [0.2, 0.25) is 0 Å². The molecule has 0 saturated heterocycles. The number of carbonyl (C=O) groups is 1. The molecular formula is C24H29N3O4. The molecule has 3 rings (SSSR count). The van der Waals surface area contributed by atoms with Gasteiger partial charge in [-0.05, 0) is 63.1 Å². The van der Waals surface area contributed by atoms with Crippen molar-refractivity contribution in [1.82, 2.24) is 15.1 Å². The van der Waals surface area contributed by atoms with E-state index in [9.17, 15) is 4.79 Å². The molecule has 0 saturated carbocycles. The molecule has 2 aromatic carbocycles. The summed E-state index contributed by atoms with van der Waals surface area (Å²) < 4.78 is 18.9. The van der Waals surface area contributed by atoms with E-state index in [1.807, 2.05) is 62.0 Å². The highest BCUT2D eigenvalue weighted by Gasteiger charge is 2.18. The fraction of sp³-hybridized carbons (Fsp3) is 0.333. The number of amides is 1. The van der Waals surface area contributed by atoms with Gasteiger partial charge in [0.05, 0.1) is 25.5 Å². The normalized spacial score (nSPS) is 10.5. The molecule has 0 radical (unpaired) electrons. The first-order valence-corrected chi connectivity index (χ1v) is 10.6. The first-order chi connectivity index (χ1) is 15.2. The Morgan fingerprint density at radius 3 is 2.16 bits per heavy atom. The maximum Gasteiger partial charge on any atom is 0.251 e. The van der Waals surface area contributed by atoms with Crippen molar-refractivity contribution in [3.05, 3.63) is 66.0 Å². The van der Waals surface area contributed by atoms with Crippen molar-refractivity contribution in [2.45, 2.75) is 27.2 Å². The lowest BCUT2D eigenvalue weighted by Gasteiger charge is -2.17. The van der Waals surface area contributed by atoms with E-state index in [4.69, 9.17) is 14.2 Å². The molecule has 0 spiro atoms. The Hall–Kier alpha value is -3.48. The summed E-state index contributed by atoms with van der Waals surface area (Å²) in [7, 11) is 0. The van der Waals surface area contributed by atoms with Gasteiger partial charge < -0.3 is 19.5 Å². The van der Waals surface area contributed by atoms with Crippen molar-refractivity contribution in [2.24, 2.45) is 0 Å². The highest BCUT2D eigenvalue weighted by molar-refractivity contribution is 5.95. The van der Waals surface area contributed by atoms with E-state index >= 15 is 0 Å². The second kappa shape index (κ2) is 11.1. The minimum atomic E-state index is -0.182. The highest BCUT2D eigenvalue weighted by atomic mass is 16.5. The summed E-state index contributed by atoms with van der Waals surface area (Å²) >= 11 is 0. The third-order valence-corrected chi connectivity index (χ3v) is 4.58. The van der Waals surface area contributed by atoms with Gasteiger partial charge >= 0.3 is 0 Å². The molecule has 0 aliphatic heterocycles. The maximum absolute atomic E-state index is 12.8. The van der Waals surface area contributed by atoms with E-state index in [0.29, 0.717) is 49.2 Å². The van der Waals surface area contributed by atoms with Crippen LogP contribution in [0.3, 0.4) is 0 Å². The zero-order valence-corrected chi connectivity index (χ0v) is 18.3. The van der Waals surface area contributed by atoms with Crippen LogP contribution in [-0.4, -0.2) is 42.1 Å². The van der Waals surface area contributed by atoms with E-state index in [2.05, 4.69) is 10.4 Å². The van der Waals surface area contributed by atoms with Crippen molar-refractivity contribution in [1.29, 1.82) is 0 Å². The number of carbonyl (C=O) groups excluding carboxylic acids is 1. The average molecular weight is 424 g/mol. The lowest BCUT2D eigenvalue weighted by atomic mass is 10.1. The van der Waals surface area contributed by atoms with E-state index in [1.165, 1.54) is 0 Å². The molecule has 0 unspecified atom stereocenters. The van der Waals surface area contributed by atoms with Gasteiger partial charge in [-0.2, -0.15) is 5.10 Å². The highest BCUT2D eigenvalue weighted by Crippen LogP contribution is 2.39. The van der Waals surface area contributed by atoms with Crippen LogP contribution in [0.1, 0.15) is 36.7 Å². The Bertz CT molecular complexity index is 942. The third-order valence-electron chi connectivity index (χ3n) is 4.58. The molecule has 0 fully saturated rings. The molecular weight excluding hydrogens is 394 g/mol. The zero-order chi connectivity index (χ0) is 22.1. The van der Waals surface area contributed by atoms with Crippen molar-refractivity contribution >= 4 is 5.91 Å². The molecule has 1 heterocycles. The molecule has 0 bridgehead atoms. The number of hydrogen-bond donors (Lipinski definition) is 1. The Morgan fingerprint density at radius 2 is 1.61 bits per heavy atom. The zero-order valence-electron chi connectivity index (χ0n) is 18.3. The third kappa shape index (κ3) is 5.78. The molecule has 0 atom stereocenters. The largest absolute Gasteiger partial charge is 0.490 e. The van der Waals surface area contributed by atoms with Crippen molar-refractivity contribution in [2.75, 3.05) is 26.4 Å².